The zero-order valence-electron chi connectivity index (χ0n) is 12.0. The van der Waals surface area contributed by atoms with Gasteiger partial charge in [-0.2, -0.15) is 5.10 Å². The van der Waals surface area contributed by atoms with Gasteiger partial charge in [0, 0.05) is 0 Å². The van der Waals surface area contributed by atoms with Crippen LogP contribution in [-0.2, 0) is 12.8 Å². The van der Waals surface area contributed by atoms with Crippen molar-refractivity contribution in [1.29, 1.82) is 0 Å². The summed E-state index contributed by atoms with van der Waals surface area (Å²) in [7, 11) is 0. The second-order valence-corrected chi connectivity index (χ2v) is 6.71. The summed E-state index contributed by atoms with van der Waals surface area (Å²) in [5.41, 5.74) is 5.47. The maximum Gasteiger partial charge on any atom is 0.168 e. The highest BCUT2D eigenvalue weighted by atomic mass is 79.9. The smallest absolute Gasteiger partial charge is 0.168 e. The number of hydrogen-bond acceptors (Lipinski definition) is 4. The summed E-state index contributed by atoms with van der Waals surface area (Å²) in [5.74, 6) is 0. The number of fused-ring (bicyclic) bond motifs is 2. The van der Waals surface area contributed by atoms with Crippen LogP contribution in [0.1, 0.15) is 29.9 Å². The molecule has 0 aromatic carbocycles. The van der Waals surface area contributed by atoms with E-state index in [9.17, 15) is 0 Å². The van der Waals surface area contributed by atoms with E-state index in [1.165, 1.54) is 12.8 Å². The van der Waals surface area contributed by atoms with Gasteiger partial charge in [-0.3, -0.25) is 4.98 Å². The van der Waals surface area contributed by atoms with Crippen molar-refractivity contribution in [2.24, 2.45) is 0 Å². The first-order valence-electron chi connectivity index (χ1n) is 7.20. The Hall–Kier alpha value is -1.53. The summed E-state index contributed by atoms with van der Waals surface area (Å²) in [5, 5.41) is 4.65. The third-order valence-corrected chi connectivity index (χ3v) is 4.66. The second-order valence-electron chi connectivity index (χ2n) is 5.47. The van der Waals surface area contributed by atoms with Gasteiger partial charge in [-0.1, -0.05) is 11.6 Å². The van der Waals surface area contributed by atoms with Crippen molar-refractivity contribution in [3.63, 3.8) is 0 Å². The lowest BCUT2D eigenvalue weighted by Gasteiger charge is -2.15. The Morgan fingerprint density at radius 1 is 1.14 bits per heavy atom. The van der Waals surface area contributed by atoms with Crippen LogP contribution in [0.25, 0.3) is 17.0 Å². The molecule has 1 aliphatic carbocycles. The van der Waals surface area contributed by atoms with E-state index in [4.69, 9.17) is 21.6 Å². The molecule has 0 amide bonds. The molecule has 0 unspecified atom stereocenters. The van der Waals surface area contributed by atoms with Gasteiger partial charge in [0.2, 0.25) is 0 Å². The molecule has 0 aliphatic heterocycles. The van der Waals surface area contributed by atoms with Gasteiger partial charge >= 0.3 is 0 Å². The van der Waals surface area contributed by atoms with Gasteiger partial charge in [0.15, 0.2) is 10.8 Å². The number of halogens is 2. The average molecular weight is 379 g/mol. The number of rotatable bonds is 1. The van der Waals surface area contributed by atoms with Crippen LogP contribution in [0.15, 0.2) is 16.7 Å². The summed E-state index contributed by atoms with van der Waals surface area (Å²) < 4.78 is 2.48. The fraction of sp³-hybridized carbons (Fsp3) is 0.333. The van der Waals surface area contributed by atoms with Gasteiger partial charge in [0.05, 0.1) is 27.8 Å². The monoisotopic (exact) mass is 377 g/mol. The molecule has 7 heteroatoms. The first-order chi connectivity index (χ1) is 10.6. The van der Waals surface area contributed by atoms with Gasteiger partial charge in [0.25, 0.3) is 0 Å². The highest BCUT2D eigenvalue weighted by Crippen LogP contribution is 2.27. The number of hydrogen-bond donors (Lipinski definition) is 0. The lowest BCUT2D eigenvalue weighted by Crippen LogP contribution is -2.10. The minimum atomic E-state index is 0.413. The molecule has 0 N–H and O–H groups in total. The van der Waals surface area contributed by atoms with Crippen LogP contribution in [0, 0.1) is 6.92 Å². The Bertz CT molecular complexity index is 889. The van der Waals surface area contributed by atoms with Crippen molar-refractivity contribution in [1.82, 2.24) is 24.6 Å². The second kappa shape index (κ2) is 5.28. The van der Waals surface area contributed by atoms with Gasteiger partial charge in [0.1, 0.15) is 11.4 Å². The topological polar surface area (TPSA) is 56.0 Å². The van der Waals surface area contributed by atoms with E-state index in [1.807, 2.05) is 13.1 Å². The van der Waals surface area contributed by atoms with E-state index in [2.05, 4.69) is 26.0 Å². The van der Waals surface area contributed by atoms with Gasteiger partial charge in [-0.15, -0.1) is 0 Å². The van der Waals surface area contributed by atoms with E-state index in [0.29, 0.717) is 5.15 Å². The molecule has 0 saturated heterocycles. The highest BCUT2D eigenvalue weighted by molar-refractivity contribution is 9.10. The van der Waals surface area contributed by atoms with Crippen LogP contribution < -0.4 is 0 Å². The number of imidazole rings is 1. The first-order valence-corrected chi connectivity index (χ1v) is 8.37. The fourth-order valence-corrected chi connectivity index (χ4v) is 3.66. The molecule has 0 bridgehead atoms. The lowest BCUT2D eigenvalue weighted by molar-refractivity contribution is 0.647. The van der Waals surface area contributed by atoms with E-state index >= 15 is 0 Å². The van der Waals surface area contributed by atoms with E-state index in [0.717, 1.165) is 51.4 Å². The SMILES string of the molecule is Cc1nc2c(nc1-c1cn3nc(Cl)cc(Br)c3n1)CCCC2. The zero-order valence-corrected chi connectivity index (χ0v) is 14.3. The standard InChI is InChI=1S/C15H13BrClN5/c1-8-14(19-11-5-3-2-4-10(11)18-8)12-7-22-15(20-12)9(16)6-13(17)21-22/h6-7H,2-5H2,1H3. The number of nitrogens with zero attached hydrogens (tertiary/aromatic N) is 5. The van der Waals surface area contributed by atoms with Crippen molar-refractivity contribution in [2.45, 2.75) is 32.6 Å². The molecule has 0 saturated carbocycles. The summed E-state index contributed by atoms with van der Waals surface area (Å²) >= 11 is 9.46. The molecule has 3 aromatic heterocycles. The van der Waals surface area contributed by atoms with E-state index in [1.54, 1.807) is 10.6 Å². The van der Waals surface area contributed by atoms with E-state index in [-0.39, 0.29) is 0 Å². The van der Waals surface area contributed by atoms with E-state index < -0.39 is 0 Å². The molecule has 0 radical (unpaired) electrons. The molecule has 3 heterocycles. The molecular formula is C15H13BrClN5. The van der Waals surface area contributed by atoms with Crippen molar-refractivity contribution in [3.8, 4) is 11.4 Å². The van der Waals surface area contributed by atoms with Gasteiger partial charge in [-0.05, 0) is 54.6 Å². The largest absolute Gasteiger partial charge is 0.254 e. The minimum Gasteiger partial charge on any atom is -0.254 e. The number of aryl methyl sites for hydroxylation is 3. The first kappa shape index (κ1) is 14.1. The van der Waals surface area contributed by atoms with Crippen LogP contribution in [0.3, 0.4) is 0 Å². The summed E-state index contributed by atoms with van der Waals surface area (Å²) in [6.45, 7) is 1.98. The maximum absolute atomic E-state index is 5.99. The highest BCUT2D eigenvalue weighted by Gasteiger charge is 2.18. The predicted octanol–water partition coefficient (Wildman–Crippen LogP) is 3.79. The van der Waals surface area contributed by atoms with Crippen LogP contribution in [0.4, 0.5) is 0 Å². The Kier molecular flexibility index (Phi) is 3.38. The number of aromatic nitrogens is 5. The molecule has 22 heavy (non-hydrogen) atoms. The molecule has 5 nitrogen and oxygen atoms in total. The fourth-order valence-electron chi connectivity index (χ4n) is 2.85. The molecule has 0 spiro atoms. The van der Waals surface area contributed by atoms with Crippen LogP contribution in [0.5, 0.6) is 0 Å². The molecule has 1 aliphatic rings. The van der Waals surface area contributed by atoms with Crippen molar-refractivity contribution >= 4 is 33.2 Å². The Balaban J connectivity index is 1.90. The van der Waals surface area contributed by atoms with Crippen LogP contribution in [-0.4, -0.2) is 24.6 Å². The molecule has 4 rings (SSSR count). The van der Waals surface area contributed by atoms with Crippen LogP contribution in [0.2, 0.25) is 5.15 Å². The molecule has 3 aromatic rings. The summed E-state index contributed by atoms with van der Waals surface area (Å²) in [6.07, 6.45) is 6.24. The predicted molar refractivity (Wildman–Crippen MR) is 88.1 cm³/mol. The normalized spacial score (nSPS) is 14.3. The summed E-state index contributed by atoms with van der Waals surface area (Å²) in [6, 6.07) is 1.74. The van der Waals surface area contributed by atoms with Crippen molar-refractivity contribution in [2.75, 3.05) is 0 Å². The van der Waals surface area contributed by atoms with Crippen molar-refractivity contribution in [3.05, 3.63) is 39.0 Å². The quantitative estimate of drug-likeness (QED) is 0.646. The molecule has 0 atom stereocenters. The Morgan fingerprint density at radius 3 is 2.64 bits per heavy atom. The van der Waals surface area contributed by atoms with Gasteiger partial charge in [-0.25, -0.2) is 14.5 Å². The van der Waals surface area contributed by atoms with Crippen LogP contribution >= 0.6 is 27.5 Å². The molecule has 0 fully saturated rings. The molecule has 112 valence electrons. The minimum absolute atomic E-state index is 0.413. The molecular weight excluding hydrogens is 366 g/mol. The van der Waals surface area contributed by atoms with Gasteiger partial charge < -0.3 is 0 Å². The third-order valence-electron chi connectivity index (χ3n) is 3.90. The van der Waals surface area contributed by atoms with Crippen molar-refractivity contribution < 1.29 is 0 Å². The average Bonchev–Trinajstić information content (AvgIpc) is 2.90. The zero-order chi connectivity index (χ0) is 15.3. The third kappa shape index (κ3) is 2.30. The Morgan fingerprint density at radius 2 is 1.86 bits per heavy atom. The Labute approximate surface area is 140 Å². The summed E-state index contributed by atoms with van der Waals surface area (Å²) in [4.78, 5) is 14.2. The lowest BCUT2D eigenvalue weighted by atomic mass is 10.00. The maximum atomic E-state index is 5.99.